The minimum absolute atomic E-state index is 0.0255. The summed E-state index contributed by atoms with van der Waals surface area (Å²) in [4.78, 5) is 24.1. The topological polar surface area (TPSA) is 108 Å². The molecule has 0 unspecified atom stereocenters. The standard InChI is InChI=1S/C16H13FN4O4/c1-9(22)19-7-12-8-21(16(23)24-12)10-2-3-13(14(17)4-10)15-5-11(6-18)25-20-15/h2-5,12H,7-8H2,1H3,(H,19,22)/t12-/m0/s1. The number of benzene rings is 1. The normalized spacial score (nSPS) is 16.4. The van der Waals surface area contributed by atoms with Crippen molar-refractivity contribution < 1.29 is 23.2 Å². The first-order chi connectivity index (χ1) is 12.0. The SMILES string of the molecule is CC(=O)NC[C@H]1CN(c2ccc(-c3cc(C#N)on3)c(F)c2)C(=O)O1. The van der Waals surface area contributed by atoms with Crippen molar-refractivity contribution in [2.45, 2.75) is 13.0 Å². The lowest BCUT2D eigenvalue weighted by Crippen LogP contribution is -2.33. The van der Waals surface area contributed by atoms with E-state index in [1.807, 2.05) is 0 Å². The van der Waals surface area contributed by atoms with E-state index in [1.54, 1.807) is 12.1 Å². The molecule has 1 fully saturated rings. The lowest BCUT2D eigenvalue weighted by molar-refractivity contribution is -0.119. The van der Waals surface area contributed by atoms with Gasteiger partial charge in [-0.05, 0) is 18.2 Å². The summed E-state index contributed by atoms with van der Waals surface area (Å²) < 4.78 is 24.3. The maximum absolute atomic E-state index is 14.4. The Hall–Kier alpha value is -3.41. The molecular weight excluding hydrogens is 331 g/mol. The number of ether oxygens (including phenoxy) is 1. The van der Waals surface area contributed by atoms with E-state index in [1.165, 1.54) is 30.0 Å². The van der Waals surface area contributed by atoms with E-state index in [2.05, 4.69) is 10.5 Å². The molecule has 2 amide bonds. The first kappa shape index (κ1) is 16.4. The summed E-state index contributed by atoms with van der Waals surface area (Å²) in [6.07, 6.45) is -1.12. The monoisotopic (exact) mass is 344 g/mol. The van der Waals surface area contributed by atoms with Gasteiger partial charge in [0, 0.05) is 18.6 Å². The van der Waals surface area contributed by atoms with E-state index in [0.717, 1.165) is 0 Å². The van der Waals surface area contributed by atoms with Gasteiger partial charge in [0.05, 0.1) is 18.8 Å². The van der Waals surface area contributed by atoms with Gasteiger partial charge in [0.1, 0.15) is 23.7 Å². The van der Waals surface area contributed by atoms with Crippen LogP contribution < -0.4 is 10.2 Å². The Bertz CT molecular complexity index is 873. The fraction of sp³-hybridized carbons (Fsp3) is 0.250. The van der Waals surface area contributed by atoms with Gasteiger partial charge < -0.3 is 14.6 Å². The highest BCUT2D eigenvalue weighted by atomic mass is 19.1. The molecule has 1 aliphatic heterocycles. The Labute approximate surface area is 141 Å². The van der Waals surface area contributed by atoms with Crippen molar-refractivity contribution in [3.05, 3.63) is 35.8 Å². The molecule has 0 aliphatic carbocycles. The van der Waals surface area contributed by atoms with E-state index >= 15 is 0 Å². The second kappa shape index (κ2) is 6.60. The average molecular weight is 344 g/mol. The van der Waals surface area contributed by atoms with Crippen molar-refractivity contribution >= 4 is 17.7 Å². The molecule has 1 aliphatic rings. The summed E-state index contributed by atoms with van der Waals surface area (Å²) in [5, 5.41) is 14.9. The summed E-state index contributed by atoms with van der Waals surface area (Å²) in [5.74, 6) is -0.870. The molecule has 25 heavy (non-hydrogen) atoms. The van der Waals surface area contributed by atoms with Crippen LogP contribution in [0.15, 0.2) is 28.8 Å². The molecule has 8 nitrogen and oxygen atoms in total. The number of rotatable bonds is 4. The number of hydrogen-bond donors (Lipinski definition) is 1. The Morgan fingerprint density at radius 2 is 2.32 bits per heavy atom. The molecule has 0 bridgehead atoms. The molecule has 2 aromatic rings. The van der Waals surface area contributed by atoms with Gasteiger partial charge in [-0.2, -0.15) is 5.26 Å². The summed E-state index contributed by atoms with van der Waals surface area (Å²) in [5.41, 5.74) is 0.657. The van der Waals surface area contributed by atoms with Gasteiger partial charge in [-0.3, -0.25) is 9.69 Å². The predicted octanol–water partition coefficient (Wildman–Crippen LogP) is 1.81. The Balaban J connectivity index is 1.77. The zero-order chi connectivity index (χ0) is 18.0. The molecule has 1 aromatic heterocycles. The minimum atomic E-state index is -0.617. The second-order valence-corrected chi connectivity index (χ2v) is 5.41. The third-order valence-corrected chi connectivity index (χ3v) is 3.61. The second-order valence-electron chi connectivity index (χ2n) is 5.41. The number of anilines is 1. The van der Waals surface area contributed by atoms with Gasteiger partial charge in [0.2, 0.25) is 11.7 Å². The maximum atomic E-state index is 14.4. The summed E-state index contributed by atoms with van der Waals surface area (Å²) in [7, 11) is 0. The zero-order valence-electron chi connectivity index (χ0n) is 13.2. The molecule has 0 saturated carbocycles. The first-order valence-corrected chi connectivity index (χ1v) is 7.37. The third-order valence-electron chi connectivity index (χ3n) is 3.61. The Morgan fingerprint density at radius 1 is 1.52 bits per heavy atom. The highest BCUT2D eigenvalue weighted by Crippen LogP contribution is 2.28. The molecule has 1 N–H and O–H groups in total. The third kappa shape index (κ3) is 3.42. The zero-order valence-corrected chi connectivity index (χ0v) is 13.2. The van der Waals surface area contributed by atoms with Crippen LogP contribution >= 0.6 is 0 Å². The molecule has 2 heterocycles. The van der Waals surface area contributed by atoms with E-state index in [0.29, 0.717) is 5.69 Å². The molecule has 0 radical (unpaired) electrons. The number of amides is 2. The van der Waals surface area contributed by atoms with Crippen molar-refractivity contribution in [3.8, 4) is 17.3 Å². The largest absolute Gasteiger partial charge is 0.442 e. The van der Waals surface area contributed by atoms with Gasteiger partial charge in [-0.15, -0.1) is 0 Å². The van der Waals surface area contributed by atoms with Crippen molar-refractivity contribution in [1.29, 1.82) is 5.26 Å². The van der Waals surface area contributed by atoms with Crippen LogP contribution in [0.3, 0.4) is 0 Å². The fourth-order valence-corrected chi connectivity index (χ4v) is 2.43. The van der Waals surface area contributed by atoms with Crippen LogP contribution in [0.25, 0.3) is 11.3 Å². The molecule has 128 valence electrons. The van der Waals surface area contributed by atoms with Crippen LogP contribution in [0.5, 0.6) is 0 Å². The summed E-state index contributed by atoms with van der Waals surface area (Å²) >= 11 is 0. The number of hydrogen-bond acceptors (Lipinski definition) is 6. The average Bonchev–Trinajstić information content (AvgIpc) is 3.19. The Kier molecular flexibility index (Phi) is 4.35. The number of carbonyl (C=O) groups is 2. The van der Waals surface area contributed by atoms with Gasteiger partial charge in [0.25, 0.3) is 0 Å². The highest BCUT2D eigenvalue weighted by Gasteiger charge is 2.32. The number of nitrogens with zero attached hydrogens (tertiary/aromatic N) is 3. The number of nitriles is 1. The van der Waals surface area contributed by atoms with Gasteiger partial charge in [0.15, 0.2) is 0 Å². The van der Waals surface area contributed by atoms with Crippen LogP contribution in [-0.2, 0) is 9.53 Å². The number of cyclic esters (lactones) is 1. The molecule has 1 saturated heterocycles. The lowest BCUT2D eigenvalue weighted by atomic mass is 10.1. The number of halogens is 1. The summed E-state index contributed by atoms with van der Waals surface area (Å²) in [6, 6.07) is 7.26. The van der Waals surface area contributed by atoms with Gasteiger partial charge in [-0.25, -0.2) is 9.18 Å². The van der Waals surface area contributed by atoms with E-state index in [4.69, 9.17) is 14.5 Å². The molecule has 9 heteroatoms. The van der Waals surface area contributed by atoms with Crippen LogP contribution in [0.2, 0.25) is 0 Å². The van der Waals surface area contributed by atoms with Crippen LogP contribution in [0.4, 0.5) is 14.9 Å². The van der Waals surface area contributed by atoms with Gasteiger partial charge in [-0.1, -0.05) is 5.16 Å². The quantitative estimate of drug-likeness (QED) is 0.906. The minimum Gasteiger partial charge on any atom is -0.442 e. The predicted molar refractivity (Wildman–Crippen MR) is 82.9 cm³/mol. The van der Waals surface area contributed by atoms with Crippen LogP contribution in [0, 0.1) is 17.1 Å². The van der Waals surface area contributed by atoms with E-state index in [-0.39, 0.29) is 36.0 Å². The molecular formula is C16H13FN4O4. The van der Waals surface area contributed by atoms with Crippen LogP contribution in [-0.4, -0.2) is 36.4 Å². The van der Waals surface area contributed by atoms with Gasteiger partial charge >= 0.3 is 6.09 Å². The van der Waals surface area contributed by atoms with Crippen molar-refractivity contribution in [2.75, 3.05) is 18.0 Å². The number of aromatic nitrogens is 1. The van der Waals surface area contributed by atoms with Crippen LogP contribution in [0.1, 0.15) is 12.7 Å². The van der Waals surface area contributed by atoms with Crippen molar-refractivity contribution in [3.63, 3.8) is 0 Å². The fourth-order valence-electron chi connectivity index (χ4n) is 2.43. The molecule has 1 atom stereocenters. The molecule has 1 aromatic carbocycles. The number of carbonyl (C=O) groups excluding carboxylic acids is 2. The maximum Gasteiger partial charge on any atom is 0.414 e. The number of nitrogens with one attached hydrogen (secondary N) is 1. The van der Waals surface area contributed by atoms with Crippen molar-refractivity contribution in [1.82, 2.24) is 10.5 Å². The summed E-state index contributed by atoms with van der Waals surface area (Å²) in [6.45, 7) is 1.75. The molecule has 3 rings (SSSR count). The Morgan fingerprint density at radius 3 is 2.96 bits per heavy atom. The first-order valence-electron chi connectivity index (χ1n) is 7.37. The highest BCUT2D eigenvalue weighted by molar-refractivity contribution is 5.90. The van der Waals surface area contributed by atoms with E-state index < -0.39 is 18.0 Å². The smallest absolute Gasteiger partial charge is 0.414 e. The van der Waals surface area contributed by atoms with E-state index in [9.17, 15) is 14.0 Å². The molecule has 0 spiro atoms. The lowest BCUT2D eigenvalue weighted by Gasteiger charge is -2.14. The van der Waals surface area contributed by atoms with Crippen molar-refractivity contribution in [2.24, 2.45) is 0 Å².